The first-order valence-corrected chi connectivity index (χ1v) is 14.1. The number of aliphatic hydroxyl groups is 1. The zero-order chi connectivity index (χ0) is 23.7. The van der Waals surface area contributed by atoms with Crippen molar-refractivity contribution in [3.8, 4) is 5.75 Å². The van der Waals surface area contributed by atoms with Crippen molar-refractivity contribution in [3.63, 3.8) is 0 Å². The maximum atomic E-state index is 13.2. The number of aromatic nitrogens is 1. The van der Waals surface area contributed by atoms with Crippen molar-refractivity contribution < 1.29 is 23.0 Å². The summed E-state index contributed by atoms with van der Waals surface area (Å²) in [6.45, 7) is 3.85. The molecular formula is C23H32N4O5S2. The highest BCUT2D eigenvalue weighted by Crippen LogP contribution is 2.35. The van der Waals surface area contributed by atoms with E-state index >= 15 is 0 Å². The lowest BCUT2D eigenvalue weighted by molar-refractivity contribution is 0.0710. The summed E-state index contributed by atoms with van der Waals surface area (Å²) in [6, 6.07) is 5.45. The van der Waals surface area contributed by atoms with Gasteiger partial charge in [0.05, 0.1) is 18.7 Å². The molecule has 0 bridgehead atoms. The minimum atomic E-state index is -3.84. The summed E-state index contributed by atoms with van der Waals surface area (Å²) in [5.74, 6) is 0.703. The fourth-order valence-corrected chi connectivity index (χ4v) is 6.97. The number of thiazole rings is 1. The smallest absolute Gasteiger partial charge is 0.244 e. The first-order valence-electron chi connectivity index (χ1n) is 11.8. The summed E-state index contributed by atoms with van der Waals surface area (Å²) in [7, 11) is -1.88. The molecule has 1 aromatic heterocycles. The number of fused-ring (bicyclic) bond motifs is 2. The van der Waals surface area contributed by atoms with E-state index in [0.717, 1.165) is 36.5 Å². The molecule has 9 nitrogen and oxygen atoms in total. The number of rotatable bonds is 3. The van der Waals surface area contributed by atoms with Gasteiger partial charge < -0.3 is 14.6 Å². The molecule has 2 N–H and O–H groups in total. The summed E-state index contributed by atoms with van der Waals surface area (Å²) in [4.78, 5) is 8.90. The van der Waals surface area contributed by atoms with Crippen molar-refractivity contribution in [1.29, 1.82) is 0 Å². The van der Waals surface area contributed by atoms with Gasteiger partial charge >= 0.3 is 0 Å². The second-order valence-electron chi connectivity index (χ2n) is 9.38. The molecule has 5 rings (SSSR count). The molecule has 0 aliphatic carbocycles. The van der Waals surface area contributed by atoms with Gasteiger partial charge in [0.15, 0.2) is 0 Å². The molecule has 0 spiro atoms. The maximum absolute atomic E-state index is 13.2. The van der Waals surface area contributed by atoms with E-state index in [9.17, 15) is 13.5 Å². The molecule has 34 heavy (non-hydrogen) atoms. The van der Waals surface area contributed by atoms with E-state index < -0.39 is 16.1 Å². The number of aliphatic hydroxyl groups excluding tert-OH is 1. The quantitative estimate of drug-likeness (QED) is 0.639. The number of hydrogen-bond donors (Lipinski definition) is 2. The Hall–Kier alpha value is -1.60. The number of ether oxygens (including phenoxy) is 2. The molecule has 4 heterocycles. The van der Waals surface area contributed by atoms with Crippen LogP contribution in [0, 0.1) is 0 Å². The Kier molecular flexibility index (Phi) is 7.22. The largest absolute Gasteiger partial charge is 0.486 e. The van der Waals surface area contributed by atoms with E-state index in [0.29, 0.717) is 38.0 Å². The van der Waals surface area contributed by atoms with Crippen LogP contribution in [0.2, 0.25) is 0 Å². The highest BCUT2D eigenvalue weighted by Gasteiger charge is 2.39. The number of hydrogen-bond acceptors (Lipinski definition) is 9. The van der Waals surface area contributed by atoms with Crippen LogP contribution in [0.3, 0.4) is 0 Å². The molecule has 11 heteroatoms. The fraction of sp³-hybridized carbons (Fsp3) is 0.609. The summed E-state index contributed by atoms with van der Waals surface area (Å²) in [5, 5.41) is 13.5. The SMILES string of the molecule is CN1C[C@@H](O)CNS(=O)(=O)c2ccc(C3CCOCC3)cc2O[C@H]2CN(Cc3nccs3)C[C@H]21. The predicted molar refractivity (Wildman–Crippen MR) is 129 cm³/mol. The lowest BCUT2D eigenvalue weighted by atomic mass is 9.92. The lowest BCUT2D eigenvalue weighted by Gasteiger charge is -2.30. The molecule has 3 aliphatic heterocycles. The van der Waals surface area contributed by atoms with Crippen LogP contribution in [0.4, 0.5) is 0 Å². The minimum Gasteiger partial charge on any atom is -0.486 e. The van der Waals surface area contributed by atoms with Gasteiger partial charge in [0, 0.05) is 51.0 Å². The van der Waals surface area contributed by atoms with Crippen molar-refractivity contribution in [2.75, 3.05) is 46.4 Å². The second kappa shape index (κ2) is 10.2. The van der Waals surface area contributed by atoms with Crippen LogP contribution in [0.1, 0.15) is 29.3 Å². The molecule has 3 aliphatic rings. The van der Waals surface area contributed by atoms with Crippen molar-refractivity contribution in [2.24, 2.45) is 0 Å². The van der Waals surface area contributed by atoms with Crippen LogP contribution in [0.25, 0.3) is 0 Å². The van der Waals surface area contributed by atoms with Gasteiger partial charge in [0.2, 0.25) is 10.0 Å². The third-order valence-electron chi connectivity index (χ3n) is 6.96. The predicted octanol–water partition coefficient (Wildman–Crippen LogP) is 1.25. The average Bonchev–Trinajstić information content (AvgIpc) is 3.48. The standard InChI is InChI=1S/C23H32N4O5S2/c1-26-12-18(28)11-25-34(29,30)22-3-2-17(16-4-7-31-8-5-16)10-20(22)32-21-14-27(13-19(21)26)15-23-24-6-9-33-23/h2-3,6,9-10,16,18-19,21,25,28H,4-5,7-8,11-15H2,1H3/t18-,19+,21-/m0/s1. The Morgan fingerprint density at radius 1 is 1.24 bits per heavy atom. The molecule has 2 saturated heterocycles. The molecule has 2 fully saturated rings. The van der Waals surface area contributed by atoms with Crippen LogP contribution in [0.15, 0.2) is 34.7 Å². The molecule has 0 radical (unpaired) electrons. The lowest BCUT2D eigenvalue weighted by Crippen LogP contribution is -2.47. The molecule has 0 unspecified atom stereocenters. The van der Waals surface area contributed by atoms with Crippen molar-refractivity contribution >= 4 is 21.4 Å². The maximum Gasteiger partial charge on any atom is 0.244 e. The van der Waals surface area contributed by atoms with Gasteiger partial charge in [-0.25, -0.2) is 18.1 Å². The van der Waals surface area contributed by atoms with Crippen molar-refractivity contribution in [3.05, 3.63) is 40.3 Å². The Morgan fingerprint density at radius 2 is 2.06 bits per heavy atom. The summed E-state index contributed by atoms with van der Waals surface area (Å²) in [5.41, 5.74) is 1.08. The van der Waals surface area contributed by atoms with E-state index in [1.807, 2.05) is 30.8 Å². The van der Waals surface area contributed by atoms with Crippen molar-refractivity contribution in [1.82, 2.24) is 19.5 Å². The Bertz CT molecular complexity index is 1080. The molecule has 186 valence electrons. The number of sulfonamides is 1. The second-order valence-corrected chi connectivity index (χ2v) is 12.1. The molecule has 0 saturated carbocycles. The van der Waals surface area contributed by atoms with Crippen LogP contribution in [-0.2, 0) is 21.3 Å². The van der Waals surface area contributed by atoms with Crippen LogP contribution < -0.4 is 9.46 Å². The highest BCUT2D eigenvalue weighted by molar-refractivity contribution is 7.89. The van der Waals surface area contributed by atoms with E-state index in [2.05, 4.69) is 19.5 Å². The monoisotopic (exact) mass is 508 g/mol. The van der Waals surface area contributed by atoms with Gasteiger partial charge in [-0.2, -0.15) is 0 Å². The van der Waals surface area contributed by atoms with E-state index in [1.165, 1.54) is 0 Å². The van der Waals surface area contributed by atoms with E-state index in [-0.39, 0.29) is 23.6 Å². The molecule has 2 aromatic rings. The number of nitrogens with one attached hydrogen (secondary N) is 1. The number of nitrogens with zero attached hydrogens (tertiary/aromatic N) is 3. The van der Waals surface area contributed by atoms with E-state index in [4.69, 9.17) is 9.47 Å². The Labute approximate surface area is 204 Å². The van der Waals surface area contributed by atoms with Gasteiger partial charge in [-0.3, -0.25) is 9.80 Å². The number of benzene rings is 1. The zero-order valence-corrected chi connectivity index (χ0v) is 20.9. The number of likely N-dealkylation sites (tertiary alicyclic amines) is 1. The normalized spacial score (nSPS) is 29.1. The molecule has 3 atom stereocenters. The zero-order valence-electron chi connectivity index (χ0n) is 19.3. The third kappa shape index (κ3) is 5.30. The first kappa shape index (κ1) is 24.1. The fourth-order valence-electron chi connectivity index (χ4n) is 5.13. The molecule has 0 amide bonds. The highest BCUT2D eigenvalue weighted by atomic mass is 32.2. The topological polar surface area (TPSA) is 104 Å². The molecular weight excluding hydrogens is 476 g/mol. The Balaban J connectivity index is 1.48. The summed E-state index contributed by atoms with van der Waals surface area (Å²) in [6.07, 6.45) is 2.56. The summed E-state index contributed by atoms with van der Waals surface area (Å²) < 4.78 is 40.9. The number of β-amino-alcohol motifs (C(OH)–C–C–N with tert-alkyl or cyclic N) is 1. The van der Waals surface area contributed by atoms with Crippen LogP contribution >= 0.6 is 11.3 Å². The van der Waals surface area contributed by atoms with Crippen LogP contribution in [-0.4, -0.2) is 93.0 Å². The van der Waals surface area contributed by atoms with Gasteiger partial charge in [-0.1, -0.05) is 6.07 Å². The third-order valence-corrected chi connectivity index (χ3v) is 9.18. The van der Waals surface area contributed by atoms with Gasteiger partial charge in [0.1, 0.15) is 21.8 Å². The molecule has 1 aromatic carbocycles. The average molecular weight is 509 g/mol. The summed E-state index contributed by atoms with van der Waals surface area (Å²) >= 11 is 1.62. The Morgan fingerprint density at radius 3 is 2.82 bits per heavy atom. The van der Waals surface area contributed by atoms with Gasteiger partial charge in [0.25, 0.3) is 0 Å². The number of likely N-dealkylation sites (N-methyl/N-ethyl adjacent to an activating group) is 1. The first-order chi connectivity index (χ1) is 16.4. The van der Waals surface area contributed by atoms with Gasteiger partial charge in [-0.15, -0.1) is 11.3 Å². The van der Waals surface area contributed by atoms with E-state index in [1.54, 1.807) is 17.4 Å². The van der Waals surface area contributed by atoms with Crippen molar-refractivity contribution in [2.45, 2.75) is 48.4 Å². The van der Waals surface area contributed by atoms with Gasteiger partial charge in [-0.05, 0) is 43.5 Å². The van der Waals surface area contributed by atoms with Crippen LogP contribution in [0.5, 0.6) is 5.75 Å². The minimum absolute atomic E-state index is 0.00926.